The van der Waals surface area contributed by atoms with Gasteiger partial charge in [-0.2, -0.15) is 0 Å². The number of nitrogens with one attached hydrogen (secondary N) is 1. The van der Waals surface area contributed by atoms with E-state index in [0.29, 0.717) is 0 Å². The van der Waals surface area contributed by atoms with E-state index in [0.717, 1.165) is 25.0 Å². The summed E-state index contributed by atoms with van der Waals surface area (Å²) in [6.45, 7) is 0. The molecule has 1 aliphatic carbocycles. The SMILES string of the molecule is O=S(=O)(CC1CC1)Nc1ccc(F)c(I)c1F. The van der Waals surface area contributed by atoms with Gasteiger partial charge >= 0.3 is 0 Å². The van der Waals surface area contributed by atoms with Crippen LogP contribution < -0.4 is 4.72 Å². The molecule has 3 nitrogen and oxygen atoms in total. The van der Waals surface area contributed by atoms with Gasteiger partial charge in [0.1, 0.15) is 5.82 Å². The minimum atomic E-state index is -3.54. The van der Waals surface area contributed by atoms with Gasteiger partial charge in [0.2, 0.25) is 10.0 Å². The van der Waals surface area contributed by atoms with Crippen LogP contribution in [0.3, 0.4) is 0 Å². The Bertz CT molecular complexity index is 543. The third kappa shape index (κ3) is 3.27. The highest BCUT2D eigenvalue weighted by Crippen LogP contribution is 2.31. The Balaban J connectivity index is 2.20. The normalized spacial score (nSPS) is 15.9. The van der Waals surface area contributed by atoms with Gasteiger partial charge in [-0.1, -0.05) is 0 Å². The molecule has 0 atom stereocenters. The molecular formula is C10H10F2INO2S. The molecule has 1 aromatic carbocycles. The van der Waals surface area contributed by atoms with Crippen molar-refractivity contribution >= 4 is 38.3 Å². The van der Waals surface area contributed by atoms with E-state index in [-0.39, 0.29) is 20.9 Å². The van der Waals surface area contributed by atoms with Gasteiger partial charge in [-0.3, -0.25) is 4.72 Å². The zero-order valence-electron chi connectivity index (χ0n) is 8.71. The maximum Gasteiger partial charge on any atom is 0.233 e. The van der Waals surface area contributed by atoms with Crippen LogP contribution in [0.4, 0.5) is 14.5 Å². The largest absolute Gasteiger partial charge is 0.281 e. The van der Waals surface area contributed by atoms with Crippen LogP contribution in [0.15, 0.2) is 12.1 Å². The summed E-state index contributed by atoms with van der Waals surface area (Å²) in [5.74, 6) is -1.39. The lowest BCUT2D eigenvalue weighted by atomic mass is 10.3. The third-order valence-electron chi connectivity index (χ3n) is 2.45. The lowest BCUT2D eigenvalue weighted by molar-refractivity contribution is 0.571. The number of halogens is 3. The topological polar surface area (TPSA) is 46.2 Å². The Labute approximate surface area is 112 Å². The highest BCUT2D eigenvalue weighted by atomic mass is 127. The van der Waals surface area contributed by atoms with Crippen molar-refractivity contribution in [2.24, 2.45) is 5.92 Å². The first-order chi connectivity index (χ1) is 7.89. The van der Waals surface area contributed by atoms with Crippen molar-refractivity contribution in [1.82, 2.24) is 0 Å². The summed E-state index contributed by atoms with van der Waals surface area (Å²) >= 11 is 1.50. The molecule has 1 saturated carbocycles. The van der Waals surface area contributed by atoms with E-state index in [9.17, 15) is 17.2 Å². The van der Waals surface area contributed by atoms with Crippen molar-refractivity contribution in [2.75, 3.05) is 10.5 Å². The number of sulfonamides is 1. The molecule has 1 aliphatic rings. The molecule has 0 heterocycles. The summed E-state index contributed by atoms with van der Waals surface area (Å²) < 4.78 is 51.7. The minimum Gasteiger partial charge on any atom is -0.281 e. The summed E-state index contributed by atoms with van der Waals surface area (Å²) in [4.78, 5) is 0. The molecule has 0 radical (unpaired) electrons. The van der Waals surface area contributed by atoms with Crippen LogP contribution in [0.5, 0.6) is 0 Å². The van der Waals surface area contributed by atoms with Crippen LogP contribution in [0.25, 0.3) is 0 Å². The standard InChI is InChI=1S/C10H10F2INO2S/c11-7-3-4-8(9(12)10(7)13)14-17(15,16)5-6-1-2-6/h3-4,6,14H,1-2,5H2. The molecule has 0 saturated heterocycles. The van der Waals surface area contributed by atoms with Crippen LogP contribution >= 0.6 is 22.6 Å². The van der Waals surface area contributed by atoms with Gasteiger partial charge in [0.05, 0.1) is 15.0 Å². The van der Waals surface area contributed by atoms with Crippen molar-refractivity contribution in [3.63, 3.8) is 0 Å². The Morgan fingerprint density at radius 3 is 2.59 bits per heavy atom. The van der Waals surface area contributed by atoms with E-state index in [2.05, 4.69) is 4.72 Å². The predicted molar refractivity (Wildman–Crippen MR) is 69.2 cm³/mol. The van der Waals surface area contributed by atoms with Crippen molar-refractivity contribution < 1.29 is 17.2 Å². The molecule has 1 fully saturated rings. The minimum absolute atomic E-state index is 0.000392. The maximum atomic E-state index is 13.6. The second-order valence-electron chi connectivity index (χ2n) is 4.05. The van der Waals surface area contributed by atoms with Gasteiger partial charge in [-0.25, -0.2) is 17.2 Å². The van der Waals surface area contributed by atoms with Gasteiger partial charge in [-0.15, -0.1) is 0 Å². The first-order valence-corrected chi connectivity index (χ1v) is 7.76. The molecule has 7 heteroatoms. The number of hydrogen-bond acceptors (Lipinski definition) is 2. The molecular weight excluding hydrogens is 363 g/mol. The monoisotopic (exact) mass is 373 g/mol. The Hall–Kier alpha value is -0.440. The average Bonchev–Trinajstić information content (AvgIpc) is 3.02. The van der Waals surface area contributed by atoms with E-state index in [1.165, 1.54) is 22.6 Å². The predicted octanol–water partition coefficient (Wildman–Crippen LogP) is 2.72. The molecule has 94 valence electrons. The molecule has 2 rings (SSSR count). The fourth-order valence-electron chi connectivity index (χ4n) is 1.41. The molecule has 1 aromatic rings. The molecule has 0 spiro atoms. The van der Waals surface area contributed by atoms with E-state index < -0.39 is 21.7 Å². The van der Waals surface area contributed by atoms with Crippen LogP contribution in [0, 0.1) is 21.1 Å². The highest BCUT2D eigenvalue weighted by Gasteiger charge is 2.28. The number of rotatable bonds is 4. The van der Waals surface area contributed by atoms with E-state index in [4.69, 9.17) is 0 Å². The van der Waals surface area contributed by atoms with E-state index in [1.54, 1.807) is 0 Å². The van der Waals surface area contributed by atoms with Crippen LogP contribution in [0.1, 0.15) is 12.8 Å². The highest BCUT2D eigenvalue weighted by molar-refractivity contribution is 14.1. The summed E-state index contributed by atoms with van der Waals surface area (Å²) in [6, 6.07) is 2.14. The van der Waals surface area contributed by atoms with Gasteiger partial charge in [0.15, 0.2) is 5.82 Å². The summed E-state index contributed by atoms with van der Waals surface area (Å²) in [6.07, 6.45) is 1.79. The molecule has 17 heavy (non-hydrogen) atoms. The zero-order chi connectivity index (χ0) is 12.6. The fraction of sp³-hybridized carbons (Fsp3) is 0.400. The third-order valence-corrected chi connectivity index (χ3v) is 4.88. The van der Waals surface area contributed by atoms with Crippen molar-refractivity contribution in [2.45, 2.75) is 12.8 Å². The Kier molecular flexibility index (Phi) is 3.58. The molecule has 0 bridgehead atoms. The van der Waals surface area contributed by atoms with Crippen LogP contribution in [-0.4, -0.2) is 14.2 Å². The average molecular weight is 373 g/mol. The first-order valence-electron chi connectivity index (χ1n) is 5.03. The van der Waals surface area contributed by atoms with Crippen molar-refractivity contribution in [1.29, 1.82) is 0 Å². The van der Waals surface area contributed by atoms with E-state index >= 15 is 0 Å². The quantitative estimate of drug-likeness (QED) is 0.652. The fourth-order valence-corrected chi connectivity index (χ4v) is 3.41. The Morgan fingerprint density at radius 2 is 2.00 bits per heavy atom. The van der Waals surface area contributed by atoms with Crippen molar-refractivity contribution in [3.8, 4) is 0 Å². The van der Waals surface area contributed by atoms with Gasteiger partial charge < -0.3 is 0 Å². The Morgan fingerprint density at radius 1 is 1.35 bits per heavy atom. The first kappa shape index (κ1) is 13.0. The molecule has 1 N–H and O–H groups in total. The second-order valence-corrected chi connectivity index (χ2v) is 6.90. The van der Waals surface area contributed by atoms with Gasteiger partial charge in [0, 0.05) is 0 Å². The van der Waals surface area contributed by atoms with E-state index in [1.807, 2.05) is 0 Å². The smallest absolute Gasteiger partial charge is 0.233 e. The number of hydrogen-bond donors (Lipinski definition) is 1. The lowest BCUT2D eigenvalue weighted by Crippen LogP contribution is -2.19. The zero-order valence-corrected chi connectivity index (χ0v) is 11.7. The number of benzene rings is 1. The summed E-state index contributed by atoms with van der Waals surface area (Å²) in [5, 5.41) is 0. The molecule has 0 amide bonds. The van der Waals surface area contributed by atoms with Gasteiger partial charge in [-0.05, 0) is 53.5 Å². The maximum absolute atomic E-state index is 13.6. The summed E-state index contributed by atoms with van der Waals surface area (Å²) in [7, 11) is -3.54. The van der Waals surface area contributed by atoms with Crippen LogP contribution in [-0.2, 0) is 10.0 Å². The summed E-state index contributed by atoms with van der Waals surface area (Å²) in [5.41, 5.74) is -0.198. The second kappa shape index (κ2) is 4.68. The van der Waals surface area contributed by atoms with Crippen LogP contribution in [0.2, 0.25) is 0 Å². The molecule has 0 aliphatic heterocycles. The molecule has 0 aromatic heterocycles. The molecule has 0 unspecified atom stereocenters. The van der Waals surface area contributed by atoms with Crippen molar-refractivity contribution in [3.05, 3.63) is 27.3 Å². The number of anilines is 1. The lowest BCUT2D eigenvalue weighted by Gasteiger charge is -2.09. The van der Waals surface area contributed by atoms with Gasteiger partial charge in [0.25, 0.3) is 0 Å².